The molecule has 0 aliphatic carbocycles. The van der Waals surface area contributed by atoms with Crippen molar-refractivity contribution in [2.45, 2.75) is 45.1 Å². The maximum Gasteiger partial charge on any atom is 0.295 e. The quantitative estimate of drug-likeness (QED) is 0.221. The van der Waals surface area contributed by atoms with Gasteiger partial charge in [0.05, 0.1) is 18.2 Å². The van der Waals surface area contributed by atoms with E-state index in [1.165, 1.54) is 30.1 Å². The van der Waals surface area contributed by atoms with Gasteiger partial charge in [-0.05, 0) is 42.7 Å². The molecule has 3 rings (SSSR count). The highest BCUT2D eigenvalue weighted by Crippen LogP contribution is 2.39. The summed E-state index contributed by atoms with van der Waals surface area (Å²) in [6, 6.07) is 9.92. The van der Waals surface area contributed by atoms with Crippen molar-refractivity contribution < 1.29 is 24.2 Å². The van der Waals surface area contributed by atoms with Crippen LogP contribution in [0, 0.1) is 0 Å². The second kappa shape index (κ2) is 12.2. The lowest BCUT2D eigenvalue weighted by Crippen LogP contribution is -2.31. The molecule has 7 heteroatoms. The van der Waals surface area contributed by atoms with E-state index >= 15 is 0 Å². The molecular formula is C26H32N2O5. The van der Waals surface area contributed by atoms with Crippen molar-refractivity contribution in [3.8, 4) is 5.75 Å². The Morgan fingerprint density at radius 2 is 1.73 bits per heavy atom. The number of aliphatic hydroxyl groups excluding tert-OH is 1. The third-order valence-corrected chi connectivity index (χ3v) is 5.70. The molecule has 1 amide bonds. The van der Waals surface area contributed by atoms with E-state index in [0.29, 0.717) is 31.7 Å². The van der Waals surface area contributed by atoms with Crippen LogP contribution in [-0.2, 0) is 14.3 Å². The summed E-state index contributed by atoms with van der Waals surface area (Å²) < 4.78 is 10.9. The molecule has 1 fully saturated rings. The fraction of sp³-hybridized carbons (Fsp3) is 0.423. The fourth-order valence-corrected chi connectivity index (χ4v) is 3.97. The number of hydrogen-bond acceptors (Lipinski definition) is 6. The molecule has 2 aromatic rings. The standard InChI is InChI=1S/C26H32N2O5/c1-3-4-5-6-18-33-21-10-8-19(9-11-21)23-22(24(29)20-12-14-27-15-13-20)25(30)26(31)28(23)16-7-17-32-2/h8-15,23,29H,3-7,16-18H2,1-2H3. The third-order valence-electron chi connectivity index (χ3n) is 5.70. The molecule has 1 aromatic carbocycles. The summed E-state index contributed by atoms with van der Waals surface area (Å²) in [6.07, 6.45) is 8.16. The molecule has 1 unspecified atom stereocenters. The van der Waals surface area contributed by atoms with Gasteiger partial charge in [0.25, 0.3) is 11.7 Å². The van der Waals surface area contributed by atoms with Crippen LogP contribution in [0.1, 0.15) is 56.2 Å². The van der Waals surface area contributed by atoms with E-state index in [2.05, 4.69) is 11.9 Å². The van der Waals surface area contributed by atoms with E-state index in [1.54, 1.807) is 19.2 Å². The smallest absolute Gasteiger partial charge is 0.295 e. The fourth-order valence-electron chi connectivity index (χ4n) is 3.97. The van der Waals surface area contributed by atoms with Crippen molar-refractivity contribution in [3.63, 3.8) is 0 Å². The lowest BCUT2D eigenvalue weighted by Gasteiger charge is -2.25. The summed E-state index contributed by atoms with van der Waals surface area (Å²) in [6.45, 7) is 3.62. The van der Waals surface area contributed by atoms with Crippen molar-refractivity contribution >= 4 is 17.4 Å². The maximum atomic E-state index is 13.0. The summed E-state index contributed by atoms with van der Waals surface area (Å²) in [5.74, 6) is -0.780. The first-order valence-electron chi connectivity index (χ1n) is 11.5. The first-order chi connectivity index (χ1) is 16.1. The molecule has 1 atom stereocenters. The molecule has 1 N–H and O–H groups in total. The number of benzene rings is 1. The van der Waals surface area contributed by atoms with Crippen LogP contribution in [0.4, 0.5) is 0 Å². The molecule has 0 bridgehead atoms. The van der Waals surface area contributed by atoms with Gasteiger partial charge in [0, 0.05) is 38.2 Å². The van der Waals surface area contributed by atoms with Gasteiger partial charge in [0.2, 0.25) is 0 Å². The number of Topliss-reactive ketones (excluding diaryl/α,β-unsaturated/α-hetero) is 1. The Labute approximate surface area is 195 Å². The van der Waals surface area contributed by atoms with E-state index in [1.807, 2.05) is 24.3 Å². The molecule has 1 aliphatic rings. The molecule has 7 nitrogen and oxygen atoms in total. The number of aromatic nitrogens is 1. The van der Waals surface area contributed by atoms with Crippen molar-refractivity contribution in [2.24, 2.45) is 0 Å². The van der Waals surface area contributed by atoms with Crippen LogP contribution in [0.3, 0.4) is 0 Å². The molecule has 0 spiro atoms. The number of hydrogen-bond donors (Lipinski definition) is 1. The van der Waals surface area contributed by atoms with E-state index in [0.717, 1.165) is 24.2 Å². The number of nitrogens with zero attached hydrogens (tertiary/aromatic N) is 2. The minimum atomic E-state index is -0.692. The van der Waals surface area contributed by atoms with Crippen LogP contribution in [-0.4, -0.2) is 53.5 Å². The number of carbonyl (C=O) groups is 2. The summed E-state index contributed by atoms with van der Waals surface area (Å²) >= 11 is 0. The van der Waals surface area contributed by atoms with Crippen LogP contribution in [0.5, 0.6) is 5.75 Å². The van der Waals surface area contributed by atoms with Crippen LogP contribution < -0.4 is 4.74 Å². The predicted molar refractivity (Wildman–Crippen MR) is 126 cm³/mol. The number of likely N-dealkylation sites (tertiary alicyclic amines) is 1. The molecule has 2 heterocycles. The molecular weight excluding hydrogens is 420 g/mol. The van der Waals surface area contributed by atoms with Gasteiger partial charge in [-0.1, -0.05) is 38.3 Å². The zero-order valence-corrected chi connectivity index (χ0v) is 19.3. The zero-order chi connectivity index (χ0) is 23.6. The lowest BCUT2D eigenvalue weighted by atomic mass is 9.95. The van der Waals surface area contributed by atoms with Crippen LogP contribution in [0.15, 0.2) is 54.4 Å². The van der Waals surface area contributed by atoms with Crippen molar-refractivity contribution in [1.29, 1.82) is 0 Å². The van der Waals surface area contributed by atoms with Gasteiger partial charge < -0.3 is 19.5 Å². The van der Waals surface area contributed by atoms with E-state index in [-0.39, 0.29) is 11.3 Å². The first kappa shape index (κ1) is 24.5. The topological polar surface area (TPSA) is 89.0 Å². The highest BCUT2D eigenvalue weighted by atomic mass is 16.5. The van der Waals surface area contributed by atoms with Gasteiger partial charge in [-0.25, -0.2) is 0 Å². The minimum Gasteiger partial charge on any atom is -0.507 e. The Bertz CT molecular complexity index is 956. The summed E-state index contributed by atoms with van der Waals surface area (Å²) in [5.41, 5.74) is 1.26. The van der Waals surface area contributed by atoms with Gasteiger partial charge in [0.15, 0.2) is 0 Å². The Kier molecular flexibility index (Phi) is 9.01. The third kappa shape index (κ3) is 5.99. The lowest BCUT2D eigenvalue weighted by molar-refractivity contribution is -0.140. The highest BCUT2D eigenvalue weighted by molar-refractivity contribution is 6.46. The van der Waals surface area contributed by atoms with Crippen molar-refractivity contribution in [3.05, 3.63) is 65.5 Å². The second-order valence-corrected chi connectivity index (χ2v) is 8.05. The molecule has 0 saturated carbocycles. The van der Waals surface area contributed by atoms with Gasteiger partial charge in [-0.15, -0.1) is 0 Å². The minimum absolute atomic E-state index is 0.0804. The zero-order valence-electron chi connectivity index (χ0n) is 19.3. The largest absolute Gasteiger partial charge is 0.507 e. The Morgan fingerprint density at radius 1 is 1.00 bits per heavy atom. The average molecular weight is 453 g/mol. The van der Waals surface area contributed by atoms with Crippen LogP contribution in [0.2, 0.25) is 0 Å². The summed E-state index contributed by atoms with van der Waals surface area (Å²) in [7, 11) is 1.59. The normalized spacial score (nSPS) is 17.5. The Balaban J connectivity index is 1.89. The van der Waals surface area contributed by atoms with Crippen molar-refractivity contribution in [2.75, 3.05) is 26.9 Å². The molecule has 1 aromatic heterocycles. The van der Waals surface area contributed by atoms with E-state index in [4.69, 9.17) is 9.47 Å². The first-order valence-corrected chi connectivity index (χ1v) is 11.5. The Hall–Kier alpha value is -3.19. The predicted octanol–water partition coefficient (Wildman–Crippen LogP) is 4.50. The van der Waals surface area contributed by atoms with Crippen LogP contribution in [0.25, 0.3) is 5.76 Å². The molecule has 33 heavy (non-hydrogen) atoms. The Morgan fingerprint density at radius 3 is 2.39 bits per heavy atom. The highest BCUT2D eigenvalue weighted by Gasteiger charge is 2.45. The van der Waals surface area contributed by atoms with Crippen LogP contribution >= 0.6 is 0 Å². The van der Waals surface area contributed by atoms with Gasteiger partial charge in [-0.2, -0.15) is 0 Å². The number of ether oxygens (including phenoxy) is 2. The number of unbranched alkanes of at least 4 members (excludes halogenated alkanes) is 3. The second-order valence-electron chi connectivity index (χ2n) is 8.05. The number of pyridine rings is 1. The van der Waals surface area contributed by atoms with Crippen molar-refractivity contribution in [1.82, 2.24) is 9.88 Å². The van der Waals surface area contributed by atoms with Gasteiger partial charge in [-0.3, -0.25) is 14.6 Å². The number of rotatable bonds is 12. The average Bonchev–Trinajstić information content (AvgIpc) is 3.09. The maximum absolute atomic E-state index is 13.0. The molecule has 0 radical (unpaired) electrons. The van der Waals surface area contributed by atoms with Gasteiger partial charge >= 0.3 is 0 Å². The monoisotopic (exact) mass is 452 g/mol. The SMILES string of the molecule is CCCCCCOc1ccc(C2C(=C(O)c3ccncc3)C(=O)C(=O)N2CCCOC)cc1. The summed E-state index contributed by atoms with van der Waals surface area (Å²) in [4.78, 5) is 31.3. The molecule has 176 valence electrons. The molecule has 1 aliphatic heterocycles. The number of aliphatic hydroxyl groups is 1. The van der Waals surface area contributed by atoms with E-state index < -0.39 is 17.7 Å². The molecule has 1 saturated heterocycles. The number of ketones is 1. The summed E-state index contributed by atoms with van der Waals surface area (Å²) in [5, 5.41) is 11.0. The number of methoxy groups -OCH3 is 1. The van der Waals surface area contributed by atoms with E-state index in [9.17, 15) is 14.7 Å². The van der Waals surface area contributed by atoms with Gasteiger partial charge in [0.1, 0.15) is 11.5 Å². The number of amides is 1. The number of carbonyl (C=O) groups excluding carboxylic acids is 2.